The minimum Gasteiger partial charge on any atom is -0.341 e. The first kappa shape index (κ1) is 17.4. The van der Waals surface area contributed by atoms with Crippen LogP contribution in [0.4, 0.5) is 0 Å². The largest absolute Gasteiger partial charge is 0.341 e. The van der Waals surface area contributed by atoms with Gasteiger partial charge in [0, 0.05) is 13.1 Å². The van der Waals surface area contributed by atoms with E-state index in [2.05, 4.69) is 34.6 Å². The number of benzene rings is 2. The lowest BCUT2D eigenvalue weighted by atomic mass is 9.90. The van der Waals surface area contributed by atoms with Crippen molar-refractivity contribution in [1.82, 2.24) is 19.9 Å². The van der Waals surface area contributed by atoms with E-state index in [1.165, 1.54) is 10.2 Å². The Hall–Kier alpha value is -3.02. The summed E-state index contributed by atoms with van der Waals surface area (Å²) in [7, 11) is 0. The molecule has 0 aliphatic carbocycles. The summed E-state index contributed by atoms with van der Waals surface area (Å²) in [6, 6.07) is 17.5. The van der Waals surface area contributed by atoms with Crippen molar-refractivity contribution in [3.63, 3.8) is 0 Å². The van der Waals surface area contributed by atoms with Crippen LogP contribution >= 0.6 is 0 Å². The number of carbonyl (C=O) groups excluding carboxylic acids is 1. The van der Waals surface area contributed by atoms with Crippen LogP contribution in [0.3, 0.4) is 0 Å². The number of nitrogens with zero attached hydrogens (tertiary/aromatic N) is 4. The van der Waals surface area contributed by atoms with E-state index in [1.807, 2.05) is 17.0 Å². The molecular weight excluding hydrogens is 340 g/mol. The molecule has 2 aromatic carbocycles. The van der Waals surface area contributed by atoms with Gasteiger partial charge in [-0.25, -0.2) is 4.68 Å². The van der Waals surface area contributed by atoms with E-state index in [1.54, 1.807) is 18.2 Å². The SMILES string of the molecule is O=C(Cn1nnc2ccccc2c1=O)N1CCC(Cc2ccccc2)CC1. The van der Waals surface area contributed by atoms with Crippen molar-refractivity contribution >= 4 is 16.8 Å². The van der Waals surface area contributed by atoms with Gasteiger partial charge in [0.2, 0.25) is 5.91 Å². The standard InChI is InChI=1S/C21H22N4O2/c26-20(15-25-21(27)18-8-4-5-9-19(18)22-23-25)24-12-10-17(11-13-24)14-16-6-2-1-3-7-16/h1-9,17H,10-15H2. The molecule has 1 aliphatic rings. The van der Waals surface area contributed by atoms with E-state index in [0.29, 0.717) is 16.8 Å². The van der Waals surface area contributed by atoms with E-state index >= 15 is 0 Å². The van der Waals surface area contributed by atoms with Gasteiger partial charge in [-0.1, -0.05) is 47.7 Å². The second-order valence-electron chi connectivity index (χ2n) is 7.08. The van der Waals surface area contributed by atoms with Gasteiger partial charge in [0.25, 0.3) is 5.56 Å². The molecule has 0 atom stereocenters. The lowest BCUT2D eigenvalue weighted by molar-refractivity contribution is -0.133. The number of likely N-dealkylation sites (tertiary alicyclic amines) is 1. The molecule has 0 radical (unpaired) electrons. The summed E-state index contributed by atoms with van der Waals surface area (Å²) < 4.78 is 1.17. The van der Waals surface area contributed by atoms with Crippen molar-refractivity contribution in [2.75, 3.05) is 13.1 Å². The third-order valence-electron chi connectivity index (χ3n) is 5.25. The predicted molar refractivity (Wildman–Crippen MR) is 103 cm³/mol. The maximum Gasteiger partial charge on any atom is 0.278 e. The van der Waals surface area contributed by atoms with Gasteiger partial charge in [-0.3, -0.25) is 9.59 Å². The summed E-state index contributed by atoms with van der Waals surface area (Å²) in [5.41, 5.74) is 1.63. The first-order valence-electron chi connectivity index (χ1n) is 9.35. The zero-order valence-electron chi connectivity index (χ0n) is 15.1. The zero-order chi connectivity index (χ0) is 18.6. The zero-order valence-corrected chi connectivity index (χ0v) is 15.1. The van der Waals surface area contributed by atoms with Gasteiger partial charge in [-0.15, -0.1) is 5.10 Å². The molecule has 0 N–H and O–H groups in total. The third-order valence-corrected chi connectivity index (χ3v) is 5.25. The molecule has 27 heavy (non-hydrogen) atoms. The first-order valence-corrected chi connectivity index (χ1v) is 9.35. The van der Waals surface area contributed by atoms with Crippen LogP contribution in [0, 0.1) is 5.92 Å². The Morgan fingerprint density at radius 3 is 2.48 bits per heavy atom. The Bertz CT molecular complexity index is 992. The Labute approximate surface area is 157 Å². The average molecular weight is 362 g/mol. The highest BCUT2D eigenvalue weighted by Crippen LogP contribution is 2.21. The number of hydrogen-bond donors (Lipinski definition) is 0. The highest BCUT2D eigenvalue weighted by molar-refractivity contribution is 5.78. The van der Waals surface area contributed by atoms with Crippen LogP contribution in [-0.2, 0) is 17.8 Å². The first-order chi connectivity index (χ1) is 13.2. The van der Waals surface area contributed by atoms with Crippen molar-refractivity contribution < 1.29 is 4.79 Å². The summed E-state index contributed by atoms with van der Waals surface area (Å²) in [5.74, 6) is 0.527. The molecule has 1 aliphatic heterocycles. The van der Waals surface area contributed by atoms with Gasteiger partial charge in [0.05, 0.1) is 5.39 Å². The molecule has 6 heteroatoms. The molecule has 6 nitrogen and oxygen atoms in total. The number of amides is 1. The molecule has 0 spiro atoms. The molecule has 1 saturated heterocycles. The molecule has 0 saturated carbocycles. The van der Waals surface area contributed by atoms with E-state index in [9.17, 15) is 9.59 Å². The Kier molecular flexibility index (Phi) is 4.96. The summed E-state index contributed by atoms with van der Waals surface area (Å²) in [5, 5.41) is 8.45. The second-order valence-corrected chi connectivity index (χ2v) is 7.08. The van der Waals surface area contributed by atoms with E-state index in [4.69, 9.17) is 0 Å². The van der Waals surface area contributed by atoms with Gasteiger partial charge in [0.1, 0.15) is 12.1 Å². The Balaban J connectivity index is 1.37. The van der Waals surface area contributed by atoms with Crippen molar-refractivity contribution in [2.24, 2.45) is 5.92 Å². The molecule has 1 fully saturated rings. The molecular formula is C21H22N4O2. The number of hydrogen-bond acceptors (Lipinski definition) is 4. The van der Waals surface area contributed by atoms with Crippen LogP contribution in [0.15, 0.2) is 59.4 Å². The van der Waals surface area contributed by atoms with Crippen molar-refractivity contribution in [3.8, 4) is 0 Å². The monoisotopic (exact) mass is 362 g/mol. The molecule has 1 aromatic heterocycles. The molecule has 2 heterocycles. The molecule has 0 bridgehead atoms. The maximum atomic E-state index is 12.6. The quantitative estimate of drug-likeness (QED) is 0.714. The minimum atomic E-state index is -0.270. The summed E-state index contributed by atoms with van der Waals surface area (Å²) in [4.78, 5) is 26.9. The molecule has 1 amide bonds. The summed E-state index contributed by atoms with van der Waals surface area (Å²) >= 11 is 0. The third kappa shape index (κ3) is 3.89. The summed E-state index contributed by atoms with van der Waals surface area (Å²) in [6.07, 6.45) is 3.02. The molecule has 4 rings (SSSR count). The van der Waals surface area contributed by atoms with Crippen molar-refractivity contribution in [2.45, 2.75) is 25.8 Å². The Morgan fingerprint density at radius 2 is 1.70 bits per heavy atom. The highest BCUT2D eigenvalue weighted by atomic mass is 16.2. The molecule has 0 unspecified atom stereocenters. The molecule has 138 valence electrons. The van der Waals surface area contributed by atoms with Gasteiger partial charge in [-0.2, -0.15) is 0 Å². The fraction of sp³-hybridized carbons (Fsp3) is 0.333. The Morgan fingerprint density at radius 1 is 1.00 bits per heavy atom. The van der Waals surface area contributed by atoms with Gasteiger partial charge < -0.3 is 4.90 Å². The highest BCUT2D eigenvalue weighted by Gasteiger charge is 2.23. The summed E-state index contributed by atoms with van der Waals surface area (Å²) in [6.45, 7) is 1.40. The number of aromatic nitrogens is 3. The lowest BCUT2D eigenvalue weighted by Gasteiger charge is -2.32. The van der Waals surface area contributed by atoms with Crippen LogP contribution in [0.25, 0.3) is 10.9 Å². The molecule has 3 aromatic rings. The number of piperidine rings is 1. The van der Waals surface area contributed by atoms with Crippen LogP contribution in [0.5, 0.6) is 0 Å². The van der Waals surface area contributed by atoms with Crippen LogP contribution in [0.1, 0.15) is 18.4 Å². The fourth-order valence-electron chi connectivity index (χ4n) is 3.69. The maximum absolute atomic E-state index is 12.6. The number of fused-ring (bicyclic) bond motifs is 1. The van der Waals surface area contributed by atoms with E-state index in [0.717, 1.165) is 32.4 Å². The van der Waals surface area contributed by atoms with Gasteiger partial charge in [0.15, 0.2) is 0 Å². The van der Waals surface area contributed by atoms with Crippen LogP contribution < -0.4 is 5.56 Å². The van der Waals surface area contributed by atoms with Crippen LogP contribution in [0.2, 0.25) is 0 Å². The minimum absolute atomic E-state index is 0.0555. The number of rotatable bonds is 4. The van der Waals surface area contributed by atoms with Gasteiger partial charge >= 0.3 is 0 Å². The second kappa shape index (κ2) is 7.70. The lowest BCUT2D eigenvalue weighted by Crippen LogP contribution is -2.42. The van der Waals surface area contributed by atoms with Crippen molar-refractivity contribution in [1.29, 1.82) is 0 Å². The normalized spacial score (nSPS) is 15.2. The van der Waals surface area contributed by atoms with Crippen molar-refractivity contribution in [3.05, 3.63) is 70.5 Å². The topological polar surface area (TPSA) is 68.1 Å². The number of carbonyl (C=O) groups is 1. The predicted octanol–water partition coefficient (Wildman–Crippen LogP) is 2.27. The van der Waals surface area contributed by atoms with Gasteiger partial charge in [-0.05, 0) is 42.9 Å². The van der Waals surface area contributed by atoms with E-state index < -0.39 is 0 Å². The van der Waals surface area contributed by atoms with E-state index in [-0.39, 0.29) is 18.0 Å². The smallest absolute Gasteiger partial charge is 0.278 e. The van der Waals surface area contributed by atoms with Crippen LogP contribution in [-0.4, -0.2) is 38.9 Å². The average Bonchev–Trinajstić information content (AvgIpc) is 2.71. The fourth-order valence-corrected chi connectivity index (χ4v) is 3.69.